The summed E-state index contributed by atoms with van der Waals surface area (Å²) in [6, 6.07) is 10.3. The van der Waals surface area contributed by atoms with Crippen molar-refractivity contribution in [1.29, 1.82) is 5.26 Å². The predicted molar refractivity (Wildman–Crippen MR) is 141 cm³/mol. The molecule has 1 aromatic heterocycles. The normalized spacial score (nSPS) is 21.9. The second-order valence-corrected chi connectivity index (χ2v) is 10.9. The first-order valence-electron chi connectivity index (χ1n) is 11.8. The smallest absolute Gasteiger partial charge is 0.303 e. The first kappa shape index (κ1) is 30.6. The van der Waals surface area contributed by atoms with E-state index in [2.05, 4.69) is 0 Å². The van der Waals surface area contributed by atoms with Crippen molar-refractivity contribution in [3.8, 4) is 6.07 Å². The fourth-order valence-electron chi connectivity index (χ4n) is 3.89. The lowest BCUT2D eigenvalue weighted by molar-refractivity contribution is -0.237. The molecule has 1 aromatic carbocycles. The number of ether oxygens (including phenoxy) is 5. The van der Waals surface area contributed by atoms with Gasteiger partial charge in [0.05, 0.1) is 9.90 Å². The molecular weight excluding hydrogens is 564 g/mol. The van der Waals surface area contributed by atoms with Gasteiger partial charge in [-0.25, -0.2) is 0 Å². The van der Waals surface area contributed by atoms with Crippen LogP contribution in [0.5, 0.6) is 0 Å². The molecule has 2 N–H and O–H groups in total. The standard InChI is InChI=1S/C26H26N2O10S2/c1-12(29)34-11-18-21(35-13(2)30)22(36-14(3)31)23(37-15(4)32)25(38-18)40-26-17(10-27)19(28)24(39-26)20(33)16-8-6-5-7-9-16/h5-9,18,21-23,25H,11,28H2,1-4H3/t18-,21+,22+,23-,25+/m1/s1. The Labute approximate surface area is 237 Å². The van der Waals surface area contributed by atoms with E-state index in [0.29, 0.717) is 5.56 Å². The lowest BCUT2D eigenvalue weighted by Gasteiger charge is -2.44. The molecule has 0 radical (unpaired) electrons. The lowest BCUT2D eigenvalue weighted by Crippen LogP contribution is -2.61. The van der Waals surface area contributed by atoms with Crippen LogP contribution < -0.4 is 5.73 Å². The molecule has 0 bridgehead atoms. The van der Waals surface area contributed by atoms with Crippen LogP contribution in [0.15, 0.2) is 34.5 Å². The van der Waals surface area contributed by atoms with Gasteiger partial charge in [-0.2, -0.15) is 5.26 Å². The van der Waals surface area contributed by atoms with Gasteiger partial charge in [-0.3, -0.25) is 24.0 Å². The van der Waals surface area contributed by atoms with Crippen LogP contribution in [0.25, 0.3) is 0 Å². The maximum atomic E-state index is 13.1. The Morgan fingerprint density at radius 1 is 0.925 bits per heavy atom. The molecule has 0 saturated carbocycles. The number of hydrogen-bond donors (Lipinski definition) is 1. The maximum absolute atomic E-state index is 13.1. The van der Waals surface area contributed by atoms with Crippen LogP contribution in [0.2, 0.25) is 0 Å². The molecule has 14 heteroatoms. The Balaban J connectivity index is 2.06. The largest absolute Gasteiger partial charge is 0.463 e. The number of benzene rings is 1. The molecule has 0 unspecified atom stereocenters. The number of nitriles is 1. The number of thiophene rings is 1. The predicted octanol–water partition coefficient (Wildman–Crippen LogP) is 2.61. The minimum atomic E-state index is -1.37. The van der Waals surface area contributed by atoms with Crippen LogP contribution in [0, 0.1) is 11.3 Å². The summed E-state index contributed by atoms with van der Waals surface area (Å²) in [5.74, 6) is -3.34. The molecule has 3 rings (SSSR count). The van der Waals surface area contributed by atoms with E-state index in [4.69, 9.17) is 29.4 Å². The third-order valence-electron chi connectivity index (χ3n) is 5.44. The number of carbonyl (C=O) groups excluding carboxylic acids is 5. The molecule has 1 aliphatic rings. The van der Waals surface area contributed by atoms with Crippen molar-refractivity contribution in [2.24, 2.45) is 0 Å². The highest BCUT2D eigenvalue weighted by Gasteiger charge is 2.52. The SMILES string of the molecule is CC(=O)OC[C@H]1O[C@@H](Sc2sc(C(=O)c3ccccc3)c(N)c2C#N)[C@H](OC(C)=O)[C@@H](OC(C)=O)[C@H]1OC(C)=O. The van der Waals surface area contributed by atoms with Crippen LogP contribution >= 0.6 is 23.1 Å². The Kier molecular flexibility index (Phi) is 10.3. The summed E-state index contributed by atoms with van der Waals surface area (Å²) in [5, 5.41) is 9.86. The molecule has 0 spiro atoms. The molecule has 1 saturated heterocycles. The number of nitrogens with zero attached hydrogens (tertiary/aromatic N) is 1. The Bertz CT molecular complexity index is 1340. The van der Waals surface area contributed by atoms with E-state index < -0.39 is 66.1 Å². The summed E-state index contributed by atoms with van der Waals surface area (Å²) in [7, 11) is 0. The number of esters is 4. The van der Waals surface area contributed by atoms with Gasteiger partial charge in [-0.15, -0.1) is 11.3 Å². The number of carbonyl (C=O) groups is 5. The summed E-state index contributed by atoms with van der Waals surface area (Å²) in [6.07, 6.45) is -5.19. The Morgan fingerprint density at radius 3 is 2.05 bits per heavy atom. The molecule has 0 amide bonds. The van der Waals surface area contributed by atoms with Gasteiger partial charge in [0.2, 0.25) is 5.78 Å². The molecular formula is C26H26N2O10S2. The van der Waals surface area contributed by atoms with Gasteiger partial charge < -0.3 is 29.4 Å². The fraction of sp³-hybridized carbons (Fsp3) is 0.385. The second kappa shape index (κ2) is 13.4. The van der Waals surface area contributed by atoms with Gasteiger partial charge in [0.15, 0.2) is 18.3 Å². The van der Waals surface area contributed by atoms with E-state index in [1.807, 2.05) is 6.07 Å². The van der Waals surface area contributed by atoms with Gasteiger partial charge in [0.1, 0.15) is 34.7 Å². The van der Waals surface area contributed by atoms with Crippen molar-refractivity contribution in [2.45, 2.75) is 61.8 Å². The summed E-state index contributed by atoms with van der Waals surface area (Å²) < 4.78 is 27.7. The third kappa shape index (κ3) is 7.38. The highest BCUT2D eigenvalue weighted by atomic mass is 32.2. The van der Waals surface area contributed by atoms with Gasteiger partial charge in [-0.1, -0.05) is 42.1 Å². The molecule has 5 atom stereocenters. The molecule has 2 heterocycles. The number of nitrogen functional groups attached to an aromatic ring is 1. The average molecular weight is 591 g/mol. The van der Waals surface area contributed by atoms with Crippen molar-refractivity contribution in [1.82, 2.24) is 0 Å². The molecule has 1 aliphatic heterocycles. The lowest BCUT2D eigenvalue weighted by atomic mass is 9.99. The zero-order valence-corrected chi connectivity index (χ0v) is 23.5. The zero-order chi connectivity index (χ0) is 29.6. The van der Waals surface area contributed by atoms with Gasteiger partial charge >= 0.3 is 23.9 Å². The monoisotopic (exact) mass is 590 g/mol. The van der Waals surface area contributed by atoms with Crippen molar-refractivity contribution >= 4 is 58.4 Å². The minimum Gasteiger partial charge on any atom is -0.463 e. The number of rotatable bonds is 9. The third-order valence-corrected chi connectivity index (χ3v) is 8.01. The highest BCUT2D eigenvalue weighted by molar-refractivity contribution is 8.01. The number of nitrogens with two attached hydrogens (primary N) is 1. The number of anilines is 1. The summed E-state index contributed by atoms with van der Waals surface area (Å²) >= 11 is 1.84. The van der Waals surface area contributed by atoms with Crippen LogP contribution in [0.4, 0.5) is 5.69 Å². The average Bonchev–Trinajstić information content (AvgIpc) is 3.20. The zero-order valence-electron chi connectivity index (χ0n) is 21.9. The van der Waals surface area contributed by atoms with Gasteiger partial charge in [-0.05, 0) is 0 Å². The van der Waals surface area contributed by atoms with Crippen molar-refractivity contribution in [3.05, 3.63) is 46.3 Å². The molecule has 0 aliphatic carbocycles. The van der Waals surface area contributed by atoms with E-state index in [1.54, 1.807) is 30.3 Å². The maximum Gasteiger partial charge on any atom is 0.303 e. The van der Waals surface area contributed by atoms with E-state index in [0.717, 1.165) is 43.9 Å². The highest BCUT2D eigenvalue weighted by Crippen LogP contribution is 2.44. The first-order chi connectivity index (χ1) is 18.9. The van der Waals surface area contributed by atoms with Gasteiger partial charge in [0.25, 0.3) is 0 Å². The van der Waals surface area contributed by atoms with E-state index in [9.17, 15) is 29.2 Å². The fourth-order valence-corrected chi connectivity index (χ4v) is 6.51. The molecule has 1 fully saturated rings. The number of ketones is 1. The minimum absolute atomic E-state index is 0.00198. The summed E-state index contributed by atoms with van der Waals surface area (Å²) in [4.78, 5) is 60.8. The topological polar surface area (TPSA) is 181 Å². The molecule has 2 aromatic rings. The van der Waals surface area contributed by atoms with Crippen LogP contribution in [-0.2, 0) is 42.9 Å². The number of hydrogen-bond acceptors (Lipinski definition) is 14. The van der Waals surface area contributed by atoms with Crippen molar-refractivity contribution < 1.29 is 47.7 Å². The van der Waals surface area contributed by atoms with E-state index in [1.165, 1.54) is 6.92 Å². The Morgan fingerprint density at radius 2 is 1.50 bits per heavy atom. The van der Waals surface area contributed by atoms with Crippen molar-refractivity contribution in [3.63, 3.8) is 0 Å². The Hall–Kier alpha value is -3.93. The summed E-state index contributed by atoms with van der Waals surface area (Å²) in [5.41, 5.74) is 5.35. The van der Waals surface area contributed by atoms with Crippen LogP contribution in [-0.4, -0.2) is 66.1 Å². The van der Waals surface area contributed by atoms with E-state index in [-0.39, 0.29) is 20.3 Å². The molecule has 212 valence electrons. The first-order valence-corrected chi connectivity index (χ1v) is 13.5. The van der Waals surface area contributed by atoms with Gasteiger partial charge in [0, 0.05) is 33.3 Å². The quantitative estimate of drug-likeness (QED) is 0.256. The van der Waals surface area contributed by atoms with E-state index >= 15 is 0 Å². The van der Waals surface area contributed by atoms with Crippen molar-refractivity contribution in [2.75, 3.05) is 12.3 Å². The summed E-state index contributed by atoms with van der Waals surface area (Å²) in [6.45, 7) is 4.13. The molecule has 40 heavy (non-hydrogen) atoms. The van der Waals surface area contributed by atoms with Crippen LogP contribution in [0.1, 0.15) is 48.5 Å². The number of thioether (sulfide) groups is 1. The van der Waals surface area contributed by atoms with Crippen LogP contribution in [0.3, 0.4) is 0 Å². The molecule has 12 nitrogen and oxygen atoms in total. The second-order valence-electron chi connectivity index (χ2n) is 8.50.